The first kappa shape index (κ1) is 16.7. The molecule has 0 spiro atoms. The molecule has 2 heterocycles. The standard InChI is InChI=1S/C19H24N2O3/c1-13-8-4-5-9-17(13)21-14(2)12-16(15(21)3)19(22)20-24-18-10-6-7-11-23-18/h4-5,8-9,12,18H,6-7,10-11H2,1-3H3,(H,20,22)/t18-/m0/s1. The van der Waals surface area contributed by atoms with Crippen molar-refractivity contribution in [2.24, 2.45) is 0 Å². The number of rotatable bonds is 4. The van der Waals surface area contributed by atoms with E-state index in [0.29, 0.717) is 12.2 Å². The number of amides is 1. The fourth-order valence-electron chi connectivity index (χ4n) is 3.16. The molecular weight excluding hydrogens is 304 g/mol. The summed E-state index contributed by atoms with van der Waals surface area (Å²) in [6.45, 7) is 6.70. The summed E-state index contributed by atoms with van der Waals surface area (Å²) < 4.78 is 7.56. The van der Waals surface area contributed by atoms with Gasteiger partial charge in [0.2, 0.25) is 0 Å². The third-order valence-corrected chi connectivity index (χ3v) is 4.45. The Kier molecular flexibility index (Phi) is 5.02. The molecule has 0 aliphatic carbocycles. The van der Waals surface area contributed by atoms with E-state index in [4.69, 9.17) is 9.57 Å². The molecular formula is C19H24N2O3. The average molecular weight is 328 g/mol. The quantitative estimate of drug-likeness (QED) is 0.873. The minimum Gasteiger partial charge on any atom is -0.350 e. The molecule has 1 aliphatic rings. The van der Waals surface area contributed by atoms with Crippen LogP contribution >= 0.6 is 0 Å². The van der Waals surface area contributed by atoms with Gasteiger partial charge in [-0.1, -0.05) is 18.2 Å². The zero-order valence-corrected chi connectivity index (χ0v) is 14.5. The minimum atomic E-state index is -0.345. The van der Waals surface area contributed by atoms with Gasteiger partial charge >= 0.3 is 0 Å². The van der Waals surface area contributed by atoms with Crippen LogP contribution < -0.4 is 5.48 Å². The highest BCUT2D eigenvalue weighted by Gasteiger charge is 2.20. The normalized spacial score (nSPS) is 17.7. The highest BCUT2D eigenvalue weighted by atomic mass is 16.8. The minimum absolute atomic E-state index is 0.239. The molecule has 5 heteroatoms. The highest BCUT2D eigenvalue weighted by Crippen LogP contribution is 2.23. The zero-order chi connectivity index (χ0) is 17.1. The molecule has 1 aromatic heterocycles. The molecule has 5 nitrogen and oxygen atoms in total. The van der Waals surface area contributed by atoms with E-state index in [1.165, 1.54) is 0 Å². The number of aromatic nitrogens is 1. The van der Waals surface area contributed by atoms with Crippen molar-refractivity contribution in [1.82, 2.24) is 10.0 Å². The van der Waals surface area contributed by atoms with Crippen LogP contribution in [0.15, 0.2) is 30.3 Å². The van der Waals surface area contributed by atoms with Crippen molar-refractivity contribution < 1.29 is 14.4 Å². The second kappa shape index (κ2) is 7.20. The van der Waals surface area contributed by atoms with E-state index in [0.717, 1.165) is 41.9 Å². The maximum atomic E-state index is 12.5. The third kappa shape index (κ3) is 3.37. The van der Waals surface area contributed by atoms with E-state index in [1.54, 1.807) is 0 Å². The molecule has 1 aromatic carbocycles. The lowest BCUT2D eigenvalue weighted by Crippen LogP contribution is -2.33. The Morgan fingerprint density at radius 1 is 1.25 bits per heavy atom. The number of carbonyl (C=O) groups is 1. The second-order valence-electron chi connectivity index (χ2n) is 6.25. The summed E-state index contributed by atoms with van der Waals surface area (Å²) in [6, 6.07) is 10.0. The molecule has 1 saturated heterocycles. The van der Waals surface area contributed by atoms with Crippen LogP contribution in [0.2, 0.25) is 0 Å². The van der Waals surface area contributed by atoms with Crippen LogP contribution in [0.4, 0.5) is 0 Å². The van der Waals surface area contributed by atoms with Gasteiger partial charge in [-0.05, 0) is 51.3 Å². The van der Waals surface area contributed by atoms with Crippen LogP contribution in [0, 0.1) is 20.8 Å². The smallest absolute Gasteiger partial charge is 0.276 e. The average Bonchev–Trinajstić information content (AvgIpc) is 2.89. The van der Waals surface area contributed by atoms with Crippen LogP contribution in [-0.4, -0.2) is 23.4 Å². The first-order chi connectivity index (χ1) is 11.6. The molecule has 0 bridgehead atoms. The Bertz CT molecular complexity index is 730. The van der Waals surface area contributed by atoms with Gasteiger partial charge in [-0.2, -0.15) is 0 Å². The van der Waals surface area contributed by atoms with Gasteiger partial charge in [0.1, 0.15) is 0 Å². The third-order valence-electron chi connectivity index (χ3n) is 4.45. The number of hydroxylamine groups is 1. The Morgan fingerprint density at radius 2 is 2.04 bits per heavy atom. The lowest BCUT2D eigenvalue weighted by atomic mass is 10.2. The fraction of sp³-hybridized carbons (Fsp3) is 0.421. The van der Waals surface area contributed by atoms with Crippen molar-refractivity contribution in [3.8, 4) is 5.69 Å². The van der Waals surface area contributed by atoms with Crippen LogP contribution in [0.3, 0.4) is 0 Å². The summed E-state index contributed by atoms with van der Waals surface area (Å²) in [4.78, 5) is 17.9. The molecule has 0 radical (unpaired) electrons. The van der Waals surface area contributed by atoms with Gasteiger partial charge in [-0.15, -0.1) is 0 Å². The monoisotopic (exact) mass is 328 g/mol. The summed E-state index contributed by atoms with van der Waals surface area (Å²) in [7, 11) is 0. The Hall–Kier alpha value is -2.11. The number of hydrogen-bond acceptors (Lipinski definition) is 3. The fourth-order valence-corrected chi connectivity index (χ4v) is 3.16. The first-order valence-electron chi connectivity index (χ1n) is 8.40. The number of nitrogens with one attached hydrogen (secondary N) is 1. The number of aryl methyl sites for hydroxylation is 2. The number of benzene rings is 1. The van der Waals surface area contributed by atoms with Crippen LogP contribution in [0.25, 0.3) is 5.69 Å². The lowest BCUT2D eigenvalue weighted by Gasteiger charge is -2.22. The molecule has 1 fully saturated rings. The first-order valence-corrected chi connectivity index (χ1v) is 8.40. The van der Waals surface area contributed by atoms with Crippen molar-refractivity contribution in [3.63, 3.8) is 0 Å². The molecule has 24 heavy (non-hydrogen) atoms. The van der Waals surface area contributed by atoms with Gasteiger partial charge in [-0.3, -0.25) is 4.79 Å². The van der Waals surface area contributed by atoms with Gasteiger partial charge < -0.3 is 9.30 Å². The van der Waals surface area contributed by atoms with E-state index < -0.39 is 0 Å². The predicted molar refractivity (Wildman–Crippen MR) is 92.1 cm³/mol. The SMILES string of the molecule is Cc1ccccc1-n1c(C)cc(C(=O)NO[C@H]2CCCCO2)c1C. The Labute approximate surface area is 142 Å². The molecule has 1 atom stereocenters. The van der Waals surface area contributed by atoms with Crippen molar-refractivity contribution in [2.75, 3.05) is 6.61 Å². The highest BCUT2D eigenvalue weighted by molar-refractivity contribution is 5.95. The predicted octanol–water partition coefficient (Wildman–Crippen LogP) is 3.59. The van der Waals surface area contributed by atoms with Gasteiger partial charge in [0.05, 0.1) is 5.56 Å². The molecule has 3 rings (SSSR count). The van der Waals surface area contributed by atoms with E-state index in [9.17, 15) is 4.79 Å². The Morgan fingerprint density at radius 3 is 2.75 bits per heavy atom. The number of hydrogen-bond donors (Lipinski definition) is 1. The van der Waals surface area contributed by atoms with Crippen LogP contribution in [-0.2, 0) is 9.57 Å². The number of para-hydroxylation sites is 1. The van der Waals surface area contributed by atoms with E-state index in [2.05, 4.69) is 29.1 Å². The summed E-state index contributed by atoms with van der Waals surface area (Å²) in [6.07, 6.45) is 2.57. The summed E-state index contributed by atoms with van der Waals surface area (Å²) in [5, 5.41) is 0. The van der Waals surface area contributed by atoms with Crippen molar-refractivity contribution in [1.29, 1.82) is 0 Å². The van der Waals surface area contributed by atoms with E-state index >= 15 is 0 Å². The summed E-state index contributed by atoms with van der Waals surface area (Å²) >= 11 is 0. The molecule has 128 valence electrons. The maximum Gasteiger partial charge on any atom is 0.276 e. The van der Waals surface area contributed by atoms with Crippen molar-refractivity contribution in [3.05, 3.63) is 52.8 Å². The number of ether oxygens (including phenoxy) is 1. The van der Waals surface area contributed by atoms with E-state index in [-0.39, 0.29) is 12.2 Å². The Balaban J connectivity index is 1.78. The molecule has 0 unspecified atom stereocenters. The maximum absolute atomic E-state index is 12.5. The summed E-state index contributed by atoms with van der Waals surface area (Å²) in [5.41, 5.74) is 7.32. The van der Waals surface area contributed by atoms with Crippen LogP contribution in [0.5, 0.6) is 0 Å². The van der Waals surface area contributed by atoms with E-state index in [1.807, 2.05) is 32.0 Å². The largest absolute Gasteiger partial charge is 0.350 e. The van der Waals surface area contributed by atoms with Crippen molar-refractivity contribution >= 4 is 5.91 Å². The van der Waals surface area contributed by atoms with Gasteiger partial charge in [0.15, 0.2) is 6.29 Å². The van der Waals surface area contributed by atoms with Gasteiger partial charge in [0, 0.05) is 30.1 Å². The van der Waals surface area contributed by atoms with Crippen molar-refractivity contribution in [2.45, 2.75) is 46.3 Å². The molecule has 1 amide bonds. The van der Waals surface area contributed by atoms with Crippen LogP contribution in [0.1, 0.15) is 46.6 Å². The lowest BCUT2D eigenvalue weighted by molar-refractivity contribution is -0.186. The zero-order valence-electron chi connectivity index (χ0n) is 14.5. The molecule has 1 aliphatic heterocycles. The molecule has 0 saturated carbocycles. The van der Waals surface area contributed by atoms with Gasteiger partial charge in [0.25, 0.3) is 5.91 Å². The number of carbonyl (C=O) groups excluding carboxylic acids is 1. The topological polar surface area (TPSA) is 52.5 Å². The van der Waals surface area contributed by atoms with Gasteiger partial charge in [-0.25, -0.2) is 10.3 Å². The molecule has 1 N–H and O–H groups in total. The number of nitrogens with zero attached hydrogens (tertiary/aromatic N) is 1. The second-order valence-corrected chi connectivity index (χ2v) is 6.25. The molecule has 2 aromatic rings. The summed E-state index contributed by atoms with van der Waals surface area (Å²) in [5.74, 6) is -0.239.